The van der Waals surface area contributed by atoms with Gasteiger partial charge in [-0.05, 0) is 42.0 Å². The third-order valence-electron chi connectivity index (χ3n) is 4.96. The fraction of sp³-hybridized carbons (Fsp3) is 0.300. The average Bonchev–Trinajstić information content (AvgIpc) is 3.29. The van der Waals surface area contributed by atoms with Crippen LogP contribution in [0.4, 0.5) is 0 Å². The molecular weight excluding hydrogens is 314 g/mol. The molecule has 0 unspecified atom stereocenters. The second-order valence-corrected chi connectivity index (χ2v) is 6.67. The van der Waals surface area contributed by atoms with E-state index >= 15 is 0 Å². The lowest BCUT2D eigenvalue weighted by atomic mass is 9.98. The highest BCUT2D eigenvalue weighted by Crippen LogP contribution is 2.24. The van der Waals surface area contributed by atoms with Gasteiger partial charge in [-0.1, -0.05) is 30.3 Å². The van der Waals surface area contributed by atoms with Crippen molar-refractivity contribution in [3.63, 3.8) is 0 Å². The molecule has 4 rings (SSSR count). The van der Waals surface area contributed by atoms with Crippen LogP contribution in [-0.2, 0) is 13.0 Å². The molecule has 0 spiro atoms. The van der Waals surface area contributed by atoms with Gasteiger partial charge >= 0.3 is 0 Å². The van der Waals surface area contributed by atoms with Crippen LogP contribution < -0.4 is 0 Å². The van der Waals surface area contributed by atoms with Crippen LogP contribution in [-0.4, -0.2) is 38.6 Å². The topological polar surface area (TPSA) is 57.8 Å². The molecule has 5 heteroatoms. The lowest BCUT2D eigenvalue weighted by molar-refractivity contribution is 0.0789. The molecular formula is C20H21N3O2. The summed E-state index contributed by atoms with van der Waals surface area (Å²) >= 11 is 0. The summed E-state index contributed by atoms with van der Waals surface area (Å²) in [5.41, 5.74) is 3.72. The van der Waals surface area contributed by atoms with Crippen molar-refractivity contribution in [3.8, 4) is 0 Å². The van der Waals surface area contributed by atoms with Crippen molar-refractivity contribution in [1.29, 1.82) is 0 Å². The van der Waals surface area contributed by atoms with E-state index in [0.717, 1.165) is 37.0 Å². The first kappa shape index (κ1) is 15.8. The van der Waals surface area contributed by atoms with Crippen molar-refractivity contribution in [2.24, 2.45) is 5.92 Å². The summed E-state index contributed by atoms with van der Waals surface area (Å²) in [5, 5.41) is 13.4. The number of fused-ring (bicyclic) bond motifs is 1. The van der Waals surface area contributed by atoms with Gasteiger partial charge in [0.05, 0.1) is 23.9 Å². The molecule has 1 saturated heterocycles. The molecule has 1 N–H and O–H groups in total. The van der Waals surface area contributed by atoms with Crippen LogP contribution in [0.3, 0.4) is 0 Å². The number of likely N-dealkylation sites (tertiary alicyclic amines) is 1. The minimum Gasteiger partial charge on any atom is -0.392 e. The van der Waals surface area contributed by atoms with E-state index in [2.05, 4.69) is 17.2 Å². The van der Waals surface area contributed by atoms with Crippen LogP contribution in [0.2, 0.25) is 0 Å². The fourth-order valence-electron chi connectivity index (χ4n) is 3.57. The zero-order chi connectivity index (χ0) is 17.2. The SMILES string of the molecule is O=C(c1cnn2ccccc12)N1CC[C@H](Cc2ccc(CO)cc2)C1. The third-order valence-corrected chi connectivity index (χ3v) is 4.96. The summed E-state index contributed by atoms with van der Waals surface area (Å²) in [6.07, 6.45) is 5.50. The molecule has 5 nitrogen and oxygen atoms in total. The van der Waals surface area contributed by atoms with Crippen molar-refractivity contribution in [1.82, 2.24) is 14.5 Å². The highest BCUT2D eigenvalue weighted by atomic mass is 16.3. The number of benzene rings is 1. The Balaban J connectivity index is 1.43. The maximum absolute atomic E-state index is 12.8. The number of nitrogens with zero attached hydrogens (tertiary/aromatic N) is 3. The largest absolute Gasteiger partial charge is 0.392 e. The Morgan fingerprint density at radius 2 is 1.96 bits per heavy atom. The minimum absolute atomic E-state index is 0.0688. The Hall–Kier alpha value is -2.66. The first-order valence-electron chi connectivity index (χ1n) is 8.65. The summed E-state index contributed by atoms with van der Waals surface area (Å²) in [6.45, 7) is 1.65. The number of aliphatic hydroxyl groups excluding tert-OH is 1. The molecule has 1 aliphatic heterocycles. The second-order valence-electron chi connectivity index (χ2n) is 6.67. The van der Waals surface area contributed by atoms with Crippen molar-refractivity contribution in [3.05, 3.63) is 71.5 Å². The Labute approximate surface area is 146 Å². The van der Waals surface area contributed by atoms with Gasteiger partial charge in [0.25, 0.3) is 5.91 Å². The molecule has 3 aromatic rings. The number of hydrogen-bond donors (Lipinski definition) is 1. The number of carbonyl (C=O) groups excluding carboxylic acids is 1. The van der Waals surface area contributed by atoms with E-state index in [1.165, 1.54) is 5.56 Å². The predicted molar refractivity (Wildman–Crippen MR) is 95.3 cm³/mol. The summed E-state index contributed by atoms with van der Waals surface area (Å²) in [5.74, 6) is 0.546. The Morgan fingerprint density at radius 3 is 2.76 bits per heavy atom. The number of pyridine rings is 1. The Kier molecular flexibility index (Phi) is 4.24. The first-order chi connectivity index (χ1) is 12.2. The smallest absolute Gasteiger partial charge is 0.257 e. The van der Waals surface area contributed by atoms with Gasteiger partial charge in [-0.15, -0.1) is 0 Å². The fourth-order valence-corrected chi connectivity index (χ4v) is 3.57. The highest BCUT2D eigenvalue weighted by Gasteiger charge is 2.28. The van der Waals surface area contributed by atoms with E-state index in [1.54, 1.807) is 10.7 Å². The number of amides is 1. The van der Waals surface area contributed by atoms with E-state index in [-0.39, 0.29) is 12.5 Å². The van der Waals surface area contributed by atoms with E-state index in [0.29, 0.717) is 11.5 Å². The molecule has 25 heavy (non-hydrogen) atoms. The molecule has 128 valence electrons. The quantitative estimate of drug-likeness (QED) is 0.797. The normalized spacial score (nSPS) is 17.3. The molecule has 0 bridgehead atoms. The number of hydrogen-bond acceptors (Lipinski definition) is 3. The summed E-state index contributed by atoms with van der Waals surface area (Å²) in [7, 11) is 0. The number of aromatic nitrogens is 2. The van der Waals surface area contributed by atoms with Gasteiger partial charge in [0, 0.05) is 19.3 Å². The average molecular weight is 335 g/mol. The first-order valence-corrected chi connectivity index (χ1v) is 8.65. The standard InChI is InChI=1S/C20H21N3O2/c24-14-16-6-4-15(5-7-16)11-17-8-10-22(13-17)20(25)18-12-21-23-9-2-1-3-19(18)23/h1-7,9,12,17,24H,8,10-11,13-14H2/t17-/m1/s1. The van der Waals surface area contributed by atoms with E-state index in [1.807, 2.05) is 41.4 Å². The van der Waals surface area contributed by atoms with Crippen molar-refractivity contribution >= 4 is 11.4 Å². The van der Waals surface area contributed by atoms with Crippen LogP contribution in [0.15, 0.2) is 54.9 Å². The minimum atomic E-state index is 0.0688. The third kappa shape index (κ3) is 3.15. The maximum Gasteiger partial charge on any atom is 0.257 e. The van der Waals surface area contributed by atoms with Crippen LogP contribution in [0.1, 0.15) is 27.9 Å². The molecule has 1 aromatic carbocycles. The zero-order valence-electron chi connectivity index (χ0n) is 14.0. The predicted octanol–water partition coefficient (Wildman–Crippen LogP) is 2.53. The molecule has 0 saturated carbocycles. The number of aliphatic hydroxyl groups is 1. The highest BCUT2D eigenvalue weighted by molar-refractivity contribution is 6.00. The molecule has 1 aliphatic rings. The van der Waals surface area contributed by atoms with Gasteiger partial charge in [0.2, 0.25) is 0 Å². The van der Waals surface area contributed by atoms with Crippen molar-refractivity contribution in [2.45, 2.75) is 19.4 Å². The summed E-state index contributed by atoms with van der Waals surface area (Å²) in [6, 6.07) is 13.8. The van der Waals surface area contributed by atoms with Gasteiger partial charge in [-0.2, -0.15) is 5.10 Å². The van der Waals surface area contributed by atoms with Crippen LogP contribution in [0.25, 0.3) is 5.52 Å². The van der Waals surface area contributed by atoms with Gasteiger partial charge < -0.3 is 10.0 Å². The Morgan fingerprint density at radius 1 is 1.16 bits per heavy atom. The molecule has 2 aromatic heterocycles. The van der Waals surface area contributed by atoms with E-state index < -0.39 is 0 Å². The lowest BCUT2D eigenvalue weighted by Gasteiger charge is -2.16. The maximum atomic E-state index is 12.8. The van der Waals surface area contributed by atoms with Gasteiger partial charge in [0.1, 0.15) is 0 Å². The number of carbonyl (C=O) groups is 1. The van der Waals surface area contributed by atoms with Crippen LogP contribution >= 0.6 is 0 Å². The Bertz CT molecular complexity index is 885. The summed E-state index contributed by atoms with van der Waals surface area (Å²) < 4.78 is 1.74. The van der Waals surface area contributed by atoms with Gasteiger partial charge in [-0.3, -0.25) is 4.79 Å². The van der Waals surface area contributed by atoms with E-state index in [4.69, 9.17) is 5.11 Å². The molecule has 3 heterocycles. The second kappa shape index (κ2) is 6.69. The van der Waals surface area contributed by atoms with Crippen LogP contribution in [0, 0.1) is 5.92 Å². The molecule has 0 radical (unpaired) electrons. The van der Waals surface area contributed by atoms with E-state index in [9.17, 15) is 4.79 Å². The molecule has 1 fully saturated rings. The van der Waals surface area contributed by atoms with Crippen LogP contribution in [0.5, 0.6) is 0 Å². The zero-order valence-corrected chi connectivity index (χ0v) is 14.0. The van der Waals surface area contributed by atoms with Gasteiger partial charge in [-0.25, -0.2) is 4.52 Å². The summed E-state index contributed by atoms with van der Waals surface area (Å²) in [4.78, 5) is 14.8. The van der Waals surface area contributed by atoms with Crippen molar-refractivity contribution in [2.75, 3.05) is 13.1 Å². The number of rotatable bonds is 4. The monoisotopic (exact) mass is 335 g/mol. The molecule has 1 atom stereocenters. The van der Waals surface area contributed by atoms with Gasteiger partial charge in [0.15, 0.2) is 0 Å². The van der Waals surface area contributed by atoms with Crippen molar-refractivity contribution < 1.29 is 9.90 Å². The molecule has 1 amide bonds. The lowest BCUT2D eigenvalue weighted by Crippen LogP contribution is -2.28. The molecule has 0 aliphatic carbocycles.